The number of hydrogen-bond donors (Lipinski definition) is 0. The molecule has 2 aliphatic rings. The van der Waals surface area contributed by atoms with Gasteiger partial charge in [-0.2, -0.15) is 0 Å². The Balaban J connectivity index is 1.01. The Morgan fingerprint density at radius 3 is 1.63 bits per heavy atom. The predicted octanol–water partition coefficient (Wildman–Crippen LogP) is 15.7. The summed E-state index contributed by atoms with van der Waals surface area (Å²) in [4.78, 5) is 10.7. The lowest BCUT2D eigenvalue weighted by Gasteiger charge is -2.23. The van der Waals surface area contributed by atoms with Crippen LogP contribution in [0.1, 0.15) is 49.9 Å². The van der Waals surface area contributed by atoms with Crippen molar-refractivity contribution in [3.8, 4) is 78.4 Å². The van der Waals surface area contributed by atoms with Gasteiger partial charge in [0.25, 0.3) is 0 Å². The molecule has 2 heteroatoms. The van der Waals surface area contributed by atoms with Gasteiger partial charge >= 0.3 is 0 Å². The summed E-state index contributed by atoms with van der Waals surface area (Å²) in [5, 5.41) is 4.98. The minimum absolute atomic E-state index is 0.111. The van der Waals surface area contributed by atoms with Crippen molar-refractivity contribution >= 4 is 21.5 Å². The molecule has 0 amide bonds. The lowest BCUT2D eigenvalue weighted by Crippen LogP contribution is -2.15. The van der Waals surface area contributed by atoms with Crippen LogP contribution in [-0.4, -0.2) is 9.97 Å². The molecule has 0 saturated heterocycles. The molecular weight excluding hydrogens is 749 g/mol. The highest BCUT2D eigenvalue weighted by atomic mass is 14.9. The Morgan fingerprint density at radius 2 is 0.839 bits per heavy atom. The Kier molecular flexibility index (Phi) is 7.96. The van der Waals surface area contributed by atoms with Crippen LogP contribution in [0.25, 0.3) is 100.0 Å². The van der Waals surface area contributed by atoms with Gasteiger partial charge in [-0.15, -0.1) is 0 Å². The summed E-state index contributed by atoms with van der Waals surface area (Å²) in [6.07, 6.45) is 0. The molecule has 12 rings (SSSR count). The molecule has 294 valence electrons. The molecule has 0 aliphatic heterocycles. The topological polar surface area (TPSA) is 25.8 Å². The van der Waals surface area contributed by atoms with Gasteiger partial charge in [-0.25, -0.2) is 9.97 Å². The first-order chi connectivity index (χ1) is 30.3. The third-order valence-corrected chi connectivity index (χ3v) is 13.9. The quantitative estimate of drug-likeness (QED) is 0.173. The maximum absolute atomic E-state index is 5.34. The third kappa shape index (κ3) is 5.36. The van der Waals surface area contributed by atoms with E-state index in [1.807, 2.05) is 6.07 Å². The second kappa shape index (κ2) is 13.5. The third-order valence-electron chi connectivity index (χ3n) is 13.9. The van der Waals surface area contributed by atoms with Gasteiger partial charge in [-0.3, -0.25) is 0 Å². The molecule has 0 bridgehead atoms. The van der Waals surface area contributed by atoms with Crippen molar-refractivity contribution < 1.29 is 0 Å². The first-order valence-electron chi connectivity index (χ1n) is 21.7. The first kappa shape index (κ1) is 36.4. The summed E-state index contributed by atoms with van der Waals surface area (Å²) in [5.74, 6) is 0.718. The Hall–Kier alpha value is -7.42. The van der Waals surface area contributed by atoms with E-state index in [4.69, 9.17) is 9.97 Å². The van der Waals surface area contributed by atoms with Gasteiger partial charge in [0.05, 0.1) is 11.4 Å². The second-order valence-corrected chi connectivity index (χ2v) is 18.1. The monoisotopic (exact) mass is 792 g/mol. The van der Waals surface area contributed by atoms with E-state index in [2.05, 4.69) is 216 Å². The van der Waals surface area contributed by atoms with Crippen molar-refractivity contribution in [2.24, 2.45) is 0 Å². The number of aromatic nitrogens is 2. The summed E-state index contributed by atoms with van der Waals surface area (Å²) in [5.41, 5.74) is 20.4. The van der Waals surface area contributed by atoms with Gasteiger partial charge in [0.15, 0.2) is 5.82 Å². The zero-order valence-electron chi connectivity index (χ0n) is 35.4. The van der Waals surface area contributed by atoms with E-state index in [0.29, 0.717) is 0 Å². The first-order valence-corrected chi connectivity index (χ1v) is 21.7. The molecule has 2 aliphatic carbocycles. The molecule has 0 N–H and O–H groups in total. The van der Waals surface area contributed by atoms with E-state index in [1.165, 1.54) is 82.9 Å². The van der Waals surface area contributed by atoms with Crippen molar-refractivity contribution in [2.45, 2.75) is 38.5 Å². The fraction of sp³-hybridized carbons (Fsp3) is 0.100. The molecule has 62 heavy (non-hydrogen) atoms. The Labute approximate surface area is 363 Å². The van der Waals surface area contributed by atoms with E-state index in [0.717, 1.165) is 39.3 Å². The molecule has 0 fully saturated rings. The summed E-state index contributed by atoms with van der Waals surface area (Å²) in [6.45, 7) is 9.43. The van der Waals surface area contributed by atoms with Crippen LogP contribution in [0.15, 0.2) is 194 Å². The number of fused-ring (bicyclic) bond motifs is 9. The van der Waals surface area contributed by atoms with Crippen molar-refractivity contribution in [2.75, 3.05) is 0 Å². The lowest BCUT2D eigenvalue weighted by molar-refractivity contribution is 0.660. The van der Waals surface area contributed by atoms with Crippen LogP contribution in [0.4, 0.5) is 0 Å². The van der Waals surface area contributed by atoms with E-state index in [9.17, 15) is 0 Å². The van der Waals surface area contributed by atoms with Gasteiger partial charge in [0, 0.05) is 27.5 Å². The zero-order valence-corrected chi connectivity index (χ0v) is 35.4. The normalized spacial score (nSPS) is 14.1. The summed E-state index contributed by atoms with van der Waals surface area (Å²) < 4.78 is 0. The van der Waals surface area contributed by atoms with Gasteiger partial charge in [0.1, 0.15) is 0 Å². The van der Waals surface area contributed by atoms with Crippen LogP contribution in [-0.2, 0) is 10.8 Å². The van der Waals surface area contributed by atoms with Crippen LogP contribution in [0, 0.1) is 0 Å². The molecule has 0 atom stereocenters. The maximum atomic E-state index is 5.34. The molecule has 0 saturated carbocycles. The van der Waals surface area contributed by atoms with E-state index >= 15 is 0 Å². The van der Waals surface area contributed by atoms with E-state index < -0.39 is 0 Å². The van der Waals surface area contributed by atoms with Crippen LogP contribution in [0.2, 0.25) is 0 Å². The number of nitrogens with zero attached hydrogens (tertiary/aromatic N) is 2. The molecule has 0 unspecified atom stereocenters. The highest BCUT2D eigenvalue weighted by Crippen LogP contribution is 2.55. The van der Waals surface area contributed by atoms with E-state index in [1.54, 1.807) is 0 Å². The SMILES string of the molecule is CC1(C)c2ccccc2-c2c(-c3cc(-c4ccc(-c5cccc(-c6cccc7c6-c6ccc8ccccc8c6C7(C)C)c5)c5ccccc45)nc(-c4ccccc4)n3)cccc21. The minimum atomic E-state index is -0.117. The molecule has 9 aromatic carbocycles. The molecule has 0 spiro atoms. The highest BCUT2D eigenvalue weighted by Gasteiger charge is 2.39. The molecule has 2 nitrogen and oxygen atoms in total. The van der Waals surface area contributed by atoms with Crippen molar-refractivity contribution in [1.82, 2.24) is 9.97 Å². The van der Waals surface area contributed by atoms with Crippen LogP contribution in [0.3, 0.4) is 0 Å². The fourth-order valence-corrected chi connectivity index (χ4v) is 10.9. The smallest absolute Gasteiger partial charge is 0.160 e. The minimum Gasteiger partial charge on any atom is -0.228 e. The van der Waals surface area contributed by atoms with Gasteiger partial charge in [-0.05, 0) is 100 Å². The highest BCUT2D eigenvalue weighted by molar-refractivity contribution is 6.06. The van der Waals surface area contributed by atoms with Crippen molar-refractivity contribution in [3.63, 3.8) is 0 Å². The Bertz CT molecular complexity index is 3460. The van der Waals surface area contributed by atoms with Crippen molar-refractivity contribution in [1.29, 1.82) is 0 Å². The molecule has 1 heterocycles. The molecule has 0 radical (unpaired) electrons. The van der Waals surface area contributed by atoms with Gasteiger partial charge < -0.3 is 0 Å². The lowest BCUT2D eigenvalue weighted by atomic mass is 9.80. The van der Waals surface area contributed by atoms with Crippen LogP contribution < -0.4 is 0 Å². The summed E-state index contributed by atoms with van der Waals surface area (Å²) >= 11 is 0. The zero-order chi connectivity index (χ0) is 41.7. The van der Waals surface area contributed by atoms with Gasteiger partial charge in [-0.1, -0.05) is 210 Å². The average molecular weight is 793 g/mol. The second-order valence-electron chi connectivity index (χ2n) is 18.1. The molecule has 1 aromatic heterocycles. The number of benzene rings is 9. The molecule has 10 aromatic rings. The number of rotatable bonds is 5. The summed E-state index contributed by atoms with van der Waals surface area (Å²) in [7, 11) is 0. The van der Waals surface area contributed by atoms with E-state index in [-0.39, 0.29) is 10.8 Å². The number of hydrogen-bond acceptors (Lipinski definition) is 2. The fourth-order valence-electron chi connectivity index (χ4n) is 10.9. The van der Waals surface area contributed by atoms with Crippen molar-refractivity contribution in [3.05, 3.63) is 216 Å². The predicted molar refractivity (Wildman–Crippen MR) is 259 cm³/mol. The summed E-state index contributed by atoms with van der Waals surface area (Å²) in [6, 6.07) is 71.0. The van der Waals surface area contributed by atoms with Gasteiger partial charge in [0.2, 0.25) is 0 Å². The van der Waals surface area contributed by atoms with Crippen LogP contribution >= 0.6 is 0 Å². The van der Waals surface area contributed by atoms with Crippen LogP contribution in [0.5, 0.6) is 0 Å². The molecular formula is C60H44N2. The Morgan fingerprint density at radius 1 is 0.323 bits per heavy atom. The largest absolute Gasteiger partial charge is 0.228 e. The average Bonchev–Trinajstić information content (AvgIpc) is 3.71. The maximum Gasteiger partial charge on any atom is 0.160 e. The standard InChI is InChI=1S/C60H44N2/c1-59(2)50-28-13-12-25-47(50)56-48(27-16-29-51(56)59)54-36-53(61-58(62-54)38-18-6-5-7-19-38)46-34-33-41(44-23-10-11-24-45(44)46)39-20-14-21-40(35-39)42-26-15-30-52-55(42)49-32-31-37-17-8-9-22-43(37)57(49)60(52,3)4/h5-36H,1-4H3.